The number of fused-ring (bicyclic) bond motifs is 3. The van der Waals surface area contributed by atoms with E-state index >= 15 is 0 Å². The van der Waals surface area contributed by atoms with Gasteiger partial charge >= 0.3 is 0 Å². The zero-order valence-electron chi connectivity index (χ0n) is 17.0. The predicted octanol–water partition coefficient (Wildman–Crippen LogP) is 6.00. The maximum absolute atomic E-state index is 13.2. The molecule has 1 aliphatic rings. The average Bonchev–Trinajstić information content (AvgIpc) is 3.11. The molecule has 2 heteroatoms. The van der Waals surface area contributed by atoms with Crippen molar-refractivity contribution >= 4 is 5.78 Å². The van der Waals surface area contributed by atoms with Crippen LogP contribution in [-0.4, -0.2) is 17.0 Å². The second kappa shape index (κ2) is 7.81. The van der Waals surface area contributed by atoms with Crippen molar-refractivity contribution in [3.05, 3.63) is 95.1 Å². The van der Waals surface area contributed by atoms with Crippen molar-refractivity contribution in [3.8, 4) is 22.3 Å². The van der Waals surface area contributed by atoms with Crippen LogP contribution in [0.4, 0.5) is 0 Å². The minimum Gasteiger partial charge on any atom is -0.393 e. The van der Waals surface area contributed by atoms with Crippen LogP contribution in [0.25, 0.3) is 22.3 Å². The molecule has 0 aromatic heterocycles. The lowest BCUT2D eigenvalue weighted by molar-refractivity contribution is 0.103. The van der Waals surface area contributed by atoms with Crippen LogP contribution in [-0.2, 0) is 12.8 Å². The van der Waals surface area contributed by atoms with Gasteiger partial charge in [0.1, 0.15) is 0 Å². The summed E-state index contributed by atoms with van der Waals surface area (Å²) in [5.74, 6) is -0.0530. The Morgan fingerprint density at radius 1 is 0.966 bits per heavy atom. The molecule has 0 heterocycles. The Balaban J connectivity index is 1.96. The molecule has 0 radical (unpaired) electrons. The molecule has 0 saturated heterocycles. The molecule has 3 aromatic rings. The number of aliphatic hydroxyl groups is 1. The van der Waals surface area contributed by atoms with Gasteiger partial charge in [-0.25, -0.2) is 0 Å². The van der Waals surface area contributed by atoms with Gasteiger partial charge in [0.2, 0.25) is 0 Å². The molecule has 3 aromatic carbocycles. The molecule has 0 aliphatic heterocycles. The smallest absolute Gasteiger partial charge is 0.189 e. The van der Waals surface area contributed by atoms with E-state index in [-0.39, 0.29) is 5.78 Å². The number of carbonyl (C=O) groups excluding carboxylic acids is 1. The summed E-state index contributed by atoms with van der Waals surface area (Å²) >= 11 is 0. The molecule has 0 bridgehead atoms. The Bertz CT molecular complexity index is 1110. The van der Waals surface area contributed by atoms with Crippen LogP contribution in [0.3, 0.4) is 0 Å². The number of hydrogen-bond acceptors (Lipinski definition) is 2. The van der Waals surface area contributed by atoms with E-state index in [0.29, 0.717) is 24.0 Å². The maximum atomic E-state index is 13.2. The third-order valence-corrected chi connectivity index (χ3v) is 5.80. The summed E-state index contributed by atoms with van der Waals surface area (Å²) in [5, 5.41) is 10.3. The van der Waals surface area contributed by atoms with Gasteiger partial charge in [0.05, 0.1) is 6.10 Å². The maximum Gasteiger partial charge on any atom is 0.189 e. The molecular weight excluding hydrogens is 356 g/mol. The van der Waals surface area contributed by atoms with Crippen LogP contribution in [0.5, 0.6) is 0 Å². The molecule has 1 aliphatic carbocycles. The van der Waals surface area contributed by atoms with E-state index in [0.717, 1.165) is 23.1 Å². The number of allylic oxidation sites excluding steroid dienone is 1. The Morgan fingerprint density at radius 2 is 1.62 bits per heavy atom. The molecule has 2 nitrogen and oxygen atoms in total. The van der Waals surface area contributed by atoms with Gasteiger partial charge in [-0.05, 0) is 70.7 Å². The van der Waals surface area contributed by atoms with E-state index in [9.17, 15) is 9.90 Å². The second-order valence-electron chi connectivity index (χ2n) is 7.89. The first kappa shape index (κ1) is 19.4. The van der Waals surface area contributed by atoms with Crippen molar-refractivity contribution in [2.75, 3.05) is 0 Å². The van der Waals surface area contributed by atoms with Crippen molar-refractivity contribution < 1.29 is 9.90 Å². The number of Topliss-reactive ketones (excluding diaryl/α,β-unsaturated/α-hetero) is 1. The number of rotatable bonds is 6. The van der Waals surface area contributed by atoms with Gasteiger partial charge in [0.15, 0.2) is 5.78 Å². The molecule has 146 valence electrons. The van der Waals surface area contributed by atoms with Crippen molar-refractivity contribution in [3.63, 3.8) is 0 Å². The van der Waals surface area contributed by atoms with Crippen molar-refractivity contribution in [2.45, 2.75) is 39.2 Å². The summed E-state index contributed by atoms with van der Waals surface area (Å²) in [6.07, 6.45) is 1.56. The highest BCUT2D eigenvalue weighted by Crippen LogP contribution is 2.44. The van der Waals surface area contributed by atoms with Gasteiger partial charge in [-0.2, -0.15) is 0 Å². The molecular formula is C27H26O2. The van der Waals surface area contributed by atoms with E-state index < -0.39 is 6.10 Å². The second-order valence-corrected chi connectivity index (χ2v) is 7.89. The first-order valence-electron chi connectivity index (χ1n) is 10.2. The van der Waals surface area contributed by atoms with Gasteiger partial charge in [-0.1, -0.05) is 74.2 Å². The first-order chi connectivity index (χ1) is 14.0. The minimum absolute atomic E-state index is 0.0530. The number of hydrogen-bond donors (Lipinski definition) is 1. The van der Waals surface area contributed by atoms with Crippen LogP contribution in [0.15, 0.2) is 72.8 Å². The number of benzene rings is 3. The van der Waals surface area contributed by atoms with Crippen LogP contribution in [0.2, 0.25) is 0 Å². The molecule has 0 spiro atoms. The zero-order valence-corrected chi connectivity index (χ0v) is 17.0. The van der Waals surface area contributed by atoms with E-state index in [1.54, 1.807) is 6.92 Å². The molecule has 29 heavy (non-hydrogen) atoms. The van der Waals surface area contributed by atoms with Gasteiger partial charge in [0.25, 0.3) is 0 Å². The largest absolute Gasteiger partial charge is 0.393 e. The fraction of sp³-hybridized carbons (Fsp3) is 0.222. The summed E-state index contributed by atoms with van der Waals surface area (Å²) < 4.78 is 0. The highest BCUT2D eigenvalue weighted by Gasteiger charge is 2.25. The fourth-order valence-electron chi connectivity index (χ4n) is 4.29. The monoisotopic (exact) mass is 382 g/mol. The molecule has 0 amide bonds. The van der Waals surface area contributed by atoms with E-state index in [1.807, 2.05) is 25.1 Å². The van der Waals surface area contributed by atoms with Crippen molar-refractivity contribution in [1.82, 2.24) is 0 Å². The van der Waals surface area contributed by atoms with Gasteiger partial charge in [-0.15, -0.1) is 0 Å². The summed E-state index contributed by atoms with van der Waals surface area (Å²) in [4.78, 5) is 13.2. The SMILES string of the molecule is C=C(C)C(=O)c1c(CC(O)CC)cccc1-c1cccc2c1-c1ccccc1C2. The number of ketones is 1. The Hall–Kier alpha value is -2.97. The molecule has 1 unspecified atom stereocenters. The standard InChI is InChI=1S/C27H26O2/c1-4-21(28)16-20-11-8-14-24(26(20)27(29)17(2)3)23-13-7-10-19-15-18-9-5-6-12-22(18)25(19)23/h5-14,21,28H,2,4,15-16H2,1,3H3. The Kier molecular flexibility index (Phi) is 5.21. The van der Waals surface area contributed by atoms with Gasteiger partial charge in [-0.3, -0.25) is 4.79 Å². The average molecular weight is 383 g/mol. The molecule has 0 saturated carbocycles. The third-order valence-electron chi connectivity index (χ3n) is 5.80. The summed E-state index contributed by atoms with van der Waals surface area (Å²) in [7, 11) is 0. The van der Waals surface area contributed by atoms with Crippen molar-refractivity contribution in [1.29, 1.82) is 0 Å². The number of aliphatic hydroxyl groups excluding tert-OH is 1. The van der Waals surface area contributed by atoms with E-state index in [4.69, 9.17) is 0 Å². The summed E-state index contributed by atoms with van der Waals surface area (Å²) in [6, 6.07) is 20.8. The Morgan fingerprint density at radius 3 is 2.38 bits per heavy atom. The highest BCUT2D eigenvalue weighted by atomic mass is 16.3. The fourth-order valence-corrected chi connectivity index (χ4v) is 4.29. The van der Waals surface area contributed by atoms with E-state index in [2.05, 4.69) is 49.0 Å². The first-order valence-corrected chi connectivity index (χ1v) is 10.2. The lowest BCUT2D eigenvalue weighted by Gasteiger charge is -2.18. The Labute approximate surface area is 172 Å². The molecule has 4 rings (SSSR count). The minimum atomic E-state index is -0.468. The normalized spacial score (nSPS) is 12.9. The molecule has 1 N–H and O–H groups in total. The third kappa shape index (κ3) is 3.45. The van der Waals surface area contributed by atoms with Crippen LogP contribution in [0, 0.1) is 0 Å². The van der Waals surface area contributed by atoms with Crippen LogP contribution >= 0.6 is 0 Å². The van der Waals surface area contributed by atoms with Gasteiger partial charge < -0.3 is 5.11 Å². The lowest BCUT2D eigenvalue weighted by atomic mass is 9.85. The van der Waals surface area contributed by atoms with E-state index in [1.165, 1.54) is 22.3 Å². The van der Waals surface area contributed by atoms with Gasteiger partial charge in [0, 0.05) is 5.56 Å². The van der Waals surface area contributed by atoms with Crippen molar-refractivity contribution in [2.24, 2.45) is 0 Å². The number of carbonyl (C=O) groups is 1. The molecule has 1 atom stereocenters. The molecule has 0 fully saturated rings. The van der Waals surface area contributed by atoms with Crippen LogP contribution < -0.4 is 0 Å². The van der Waals surface area contributed by atoms with Crippen LogP contribution in [0.1, 0.15) is 47.3 Å². The summed E-state index contributed by atoms with van der Waals surface area (Å²) in [6.45, 7) is 7.61. The lowest BCUT2D eigenvalue weighted by Crippen LogP contribution is -2.14. The quantitative estimate of drug-likeness (QED) is 0.328. The topological polar surface area (TPSA) is 37.3 Å². The highest BCUT2D eigenvalue weighted by molar-refractivity contribution is 6.14. The predicted molar refractivity (Wildman–Crippen MR) is 119 cm³/mol. The summed E-state index contributed by atoms with van der Waals surface area (Å²) in [5.41, 5.74) is 9.13. The zero-order chi connectivity index (χ0) is 20.5.